The summed E-state index contributed by atoms with van der Waals surface area (Å²) in [7, 11) is -4.61. The van der Waals surface area contributed by atoms with Crippen molar-refractivity contribution in [2.24, 2.45) is 0 Å². The van der Waals surface area contributed by atoms with Gasteiger partial charge in [-0.05, 0) is 6.92 Å². The maximum Gasteiger partial charge on any atom is 0.391 e. The molecule has 20 heavy (non-hydrogen) atoms. The highest BCUT2D eigenvalue weighted by atomic mass is 32.2. The largest absolute Gasteiger partial charge is 0.480 e. The van der Waals surface area contributed by atoms with E-state index < -0.39 is 45.3 Å². The van der Waals surface area contributed by atoms with Gasteiger partial charge < -0.3 is 15.4 Å². The van der Waals surface area contributed by atoms with Crippen LogP contribution >= 0.6 is 0 Å². The molecule has 1 atom stereocenters. The van der Waals surface area contributed by atoms with Crippen molar-refractivity contribution in [2.75, 3.05) is 5.73 Å². The highest BCUT2D eigenvalue weighted by Gasteiger charge is 2.39. The number of aliphatic carboxylic acids is 1. The van der Waals surface area contributed by atoms with Crippen LogP contribution in [0.5, 0.6) is 0 Å². The predicted octanol–water partition coefficient (Wildman–Crippen LogP) is 0.249. The smallest absolute Gasteiger partial charge is 0.391 e. The molecule has 12 heteroatoms. The van der Waals surface area contributed by atoms with Crippen LogP contribution in [0.2, 0.25) is 0 Å². The van der Waals surface area contributed by atoms with Crippen LogP contribution in [0, 0.1) is 6.92 Å². The molecule has 0 saturated carbocycles. The summed E-state index contributed by atoms with van der Waals surface area (Å²) >= 11 is 0. The first kappa shape index (κ1) is 16.2. The average molecular weight is 317 g/mol. The molecule has 0 spiro atoms. The van der Waals surface area contributed by atoms with E-state index in [1.165, 1.54) is 4.72 Å². The Morgan fingerprint density at radius 3 is 2.45 bits per heavy atom. The zero-order chi connectivity index (χ0) is 15.7. The molecule has 114 valence electrons. The summed E-state index contributed by atoms with van der Waals surface area (Å²) in [6.45, 7) is 1.16. The normalized spacial score (nSPS) is 14.2. The molecule has 0 amide bonds. The summed E-state index contributed by atoms with van der Waals surface area (Å²) in [5.41, 5.74) is 5.21. The zero-order valence-corrected chi connectivity index (χ0v) is 10.7. The first-order valence-electron chi connectivity index (χ1n) is 4.97. The second-order valence-corrected chi connectivity index (χ2v) is 5.44. The summed E-state index contributed by atoms with van der Waals surface area (Å²) in [5, 5.41) is 11.8. The molecule has 0 saturated heterocycles. The number of rotatable bonds is 5. The molecule has 0 aliphatic heterocycles. The molecule has 1 heterocycles. The van der Waals surface area contributed by atoms with Crippen LogP contribution in [0.1, 0.15) is 12.2 Å². The molecule has 1 unspecified atom stereocenters. The number of nitrogens with one attached hydrogen (secondary N) is 1. The van der Waals surface area contributed by atoms with Gasteiger partial charge in [-0.2, -0.15) is 17.9 Å². The van der Waals surface area contributed by atoms with Gasteiger partial charge >= 0.3 is 12.1 Å². The van der Waals surface area contributed by atoms with Crippen LogP contribution < -0.4 is 10.5 Å². The van der Waals surface area contributed by atoms with Gasteiger partial charge in [0.05, 0.1) is 6.42 Å². The van der Waals surface area contributed by atoms with E-state index in [0.717, 1.165) is 6.92 Å². The predicted molar refractivity (Wildman–Crippen MR) is 58.1 cm³/mol. The van der Waals surface area contributed by atoms with Gasteiger partial charge in [0.2, 0.25) is 10.0 Å². The number of carbonyl (C=O) groups is 1. The highest BCUT2D eigenvalue weighted by Crippen LogP contribution is 2.25. The number of nitrogens with two attached hydrogens (primary N) is 1. The van der Waals surface area contributed by atoms with Crippen molar-refractivity contribution in [3.8, 4) is 0 Å². The standard InChI is InChI=1S/C8H10F3N3O5S/c1-3-5(6(12)13-19-3)20(17,18)14-4(7(15)16)2-8(9,10)11/h4,14H,2H2,1H3,(H2,12,13)(H,15,16). The molecule has 1 aromatic rings. The number of halogens is 3. The number of sulfonamides is 1. The fourth-order valence-electron chi connectivity index (χ4n) is 1.36. The third-order valence-electron chi connectivity index (χ3n) is 2.13. The van der Waals surface area contributed by atoms with Crippen molar-refractivity contribution in [3.05, 3.63) is 5.76 Å². The maximum absolute atomic E-state index is 12.2. The minimum Gasteiger partial charge on any atom is -0.480 e. The van der Waals surface area contributed by atoms with Crippen molar-refractivity contribution < 1.29 is 36.0 Å². The molecule has 1 aromatic heterocycles. The van der Waals surface area contributed by atoms with Crippen LogP contribution in [0.25, 0.3) is 0 Å². The fourth-order valence-corrected chi connectivity index (χ4v) is 2.77. The fraction of sp³-hybridized carbons (Fsp3) is 0.500. The van der Waals surface area contributed by atoms with E-state index in [2.05, 4.69) is 9.68 Å². The van der Waals surface area contributed by atoms with E-state index >= 15 is 0 Å². The number of carboxylic acids is 1. The van der Waals surface area contributed by atoms with Gasteiger partial charge in [-0.1, -0.05) is 5.16 Å². The molecule has 8 nitrogen and oxygen atoms in total. The van der Waals surface area contributed by atoms with Crippen molar-refractivity contribution in [3.63, 3.8) is 0 Å². The van der Waals surface area contributed by atoms with E-state index in [1.54, 1.807) is 0 Å². The molecular formula is C8H10F3N3O5S. The second kappa shape index (κ2) is 5.28. The summed E-state index contributed by atoms with van der Waals surface area (Å²) in [4.78, 5) is 10.0. The van der Waals surface area contributed by atoms with Gasteiger partial charge in [0.15, 0.2) is 16.5 Å². The number of carboxylic acid groups (broad SMARTS) is 1. The van der Waals surface area contributed by atoms with E-state index in [4.69, 9.17) is 10.8 Å². The lowest BCUT2D eigenvalue weighted by atomic mass is 10.2. The van der Waals surface area contributed by atoms with Gasteiger partial charge in [0.25, 0.3) is 0 Å². The molecule has 0 aliphatic rings. The Balaban J connectivity index is 3.08. The quantitative estimate of drug-likeness (QED) is 0.708. The lowest BCUT2D eigenvalue weighted by molar-refractivity contribution is -0.157. The Morgan fingerprint density at radius 2 is 2.10 bits per heavy atom. The molecular weight excluding hydrogens is 307 g/mol. The third kappa shape index (κ3) is 3.84. The van der Waals surface area contributed by atoms with Gasteiger partial charge in [-0.3, -0.25) is 4.79 Å². The Kier molecular flexibility index (Phi) is 4.29. The van der Waals surface area contributed by atoms with E-state index in [0.29, 0.717) is 0 Å². The van der Waals surface area contributed by atoms with Crippen LogP contribution in [0.15, 0.2) is 9.42 Å². The van der Waals surface area contributed by atoms with Gasteiger partial charge in [0.1, 0.15) is 6.04 Å². The summed E-state index contributed by atoms with van der Waals surface area (Å²) < 4.78 is 66.1. The van der Waals surface area contributed by atoms with E-state index in [9.17, 15) is 26.4 Å². The topological polar surface area (TPSA) is 136 Å². The summed E-state index contributed by atoms with van der Waals surface area (Å²) in [6, 6.07) is -2.38. The first-order valence-corrected chi connectivity index (χ1v) is 6.46. The number of aryl methyl sites for hydroxylation is 1. The van der Waals surface area contributed by atoms with Gasteiger partial charge in [0, 0.05) is 0 Å². The Hall–Kier alpha value is -1.82. The van der Waals surface area contributed by atoms with Crippen molar-refractivity contribution in [2.45, 2.75) is 30.5 Å². The third-order valence-corrected chi connectivity index (χ3v) is 3.76. The molecule has 0 radical (unpaired) electrons. The van der Waals surface area contributed by atoms with Crippen LogP contribution in [-0.2, 0) is 14.8 Å². The highest BCUT2D eigenvalue weighted by molar-refractivity contribution is 7.89. The Bertz CT molecular complexity index is 590. The molecule has 0 fully saturated rings. The number of nitrogens with zero attached hydrogens (tertiary/aromatic N) is 1. The summed E-state index contributed by atoms with van der Waals surface area (Å²) in [5.74, 6) is -2.82. The zero-order valence-electron chi connectivity index (χ0n) is 9.93. The summed E-state index contributed by atoms with van der Waals surface area (Å²) in [6.07, 6.45) is -6.73. The van der Waals surface area contributed by atoms with Crippen LogP contribution in [-0.4, -0.2) is 36.9 Å². The average Bonchev–Trinajstić information content (AvgIpc) is 2.55. The molecule has 4 N–H and O–H groups in total. The Labute approximate surface area is 110 Å². The SMILES string of the molecule is Cc1onc(N)c1S(=O)(=O)NC(CC(F)(F)F)C(=O)O. The minimum absolute atomic E-state index is 0.272. The van der Waals surface area contributed by atoms with Gasteiger partial charge in [-0.25, -0.2) is 8.42 Å². The van der Waals surface area contributed by atoms with Crippen LogP contribution in [0.3, 0.4) is 0 Å². The lowest BCUT2D eigenvalue weighted by Gasteiger charge is -2.16. The number of hydrogen-bond donors (Lipinski definition) is 3. The second-order valence-electron chi connectivity index (χ2n) is 3.78. The molecule has 0 bridgehead atoms. The van der Waals surface area contributed by atoms with Crippen molar-refractivity contribution in [1.29, 1.82) is 0 Å². The monoisotopic (exact) mass is 317 g/mol. The van der Waals surface area contributed by atoms with E-state index in [-0.39, 0.29) is 5.76 Å². The van der Waals surface area contributed by atoms with Crippen molar-refractivity contribution in [1.82, 2.24) is 9.88 Å². The van der Waals surface area contributed by atoms with Crippen LogP contribution in [0.4, 0.5) is 19.0 Å². The molecule has 0 aromatic carbocycles. The van der Waals surface area contributed by atoms with Crippen molar-refractivity contribution >= 4 is 21.8 Å². The Morgan fingerprint density at radius 1 is 1.55 bits per heavy atom. The first-order chi connectivity index (χ1) is 8.94. The number of hydrogen-bond acceptors (Lipinski definition) is 6. The minimum atomic E-state index is -4.86. The number of aromatic nitrogens is 1. The molecule has 0 aliphatic carbocycles. The van der Waals surface area contributed by atoms with E-state index in [1.807, 2.05) is 0 Å². The number of alkyl halides is 3. The number of nitrogen functional groups attached to an aromatic ring is 1. The maximum atomic E-state index is 12.2. The number of anilines is 1. The molecule has 1 rings (SSSR count). The van der Waals surface area contributed by atoms with Gasteiger partial charge in [-0.15, -0.1) is 0 Å². The lowest BCUT2D eigenvalue weighted by Crippen LogP contribution is -2.43.